The normalized spacial score (nSPS) is 14.1. The molecule has 0 aromatic heterocycles. The van der Waals surface area contributed by atoms with E-state index in [2.05, 4.69) is 29.7 Å². The van der Waals surface area contributed by atoms with Gasteiger partial charge >= 0.3 is 12.0 Å². The number of benzene rings is 2. The molecular formula is C19H22N2O4S. The summed E-state index contributed by atoms with van der Waals surface area (Å²) < 4.78 is 0. The molecule has 0 aliphatic carbocycles. The molecule has 0 aliphatic rings. The molecule has 2 amide bonds. The van der Waals surface area contributed by atoms with Crippen molar-refractivity contribution in [1.82, 2.24) is 5.32 Å². The van der Waals surface area contributed by atoms with Gasteiger partial charge in [-0.3, -0.25) is 0 Å². The Bertz CT molecular complexity index is 748. The average Bonchev–Trinajstić information content (AvgIpc) is 2.61. The van der Waals surface area contributed by atoms with Gasteiger partial charge in [-0.05, 0) is 43.7 Å². The molecule has 2 unspecified atom stereocenters. The Morgan fingerprint density at radius 1 is 1.12 bits per heavy atom. The molecule has 4 N–H and O–H groups in total. The van der Waals surface area contributed by atoms with Crippen molar-refractivity contribution in [3.8, 4) is 0 Å². The average molecular weight is 374 g/mol. The fourth-order valence-electron chi connectivity index (χ4n) is 2.11. The van der Waals surface area contributed by atoms with Crippen LogP contribution in [0.4, 0.5) is 10.5 Å². The molecule has 0 radical (unpaired) electrons. The second-order valence-electron chi connectivity index (χ2n) is 6.08. The number of amides is 2. The Morgan fingerprint density at radius 2 is 1.73 bits per heavy atom. The highest BCUT2D eigenvalue weighted by Crippen LogP contribution is 2.34. The molecule has 2 rings (SSSR count). The summed E-state index contributed by atoms with van der Waals surface area (Å²) in [5.74, 6) is -1.40. The van der Waals surface area contributed by atoms with Crippen molar-refractivity contribution >= 4 is 29.4 Å². The smallest absolute Gasteiger partial charge is 0.337 e. The van der Waals surface area contributed by atoms with Crippen molar-refractivity contribution in [2.75, 3.05) is 11.9 Å². The highest BCUT2D eigenvalue weighted by atomic mass is 32.2. The third-order valence-electron chi connectivity index (χ3n) is 3.75. The van der Waals surface area contributed by atoms with Crippen LogP contribution >= 0.6 is 11.8 Å². The zero-order valence-electron chi connectivity index (χ0n) is 14.6. The van der Waals surface area contributed by atoms with Gasteiger partial charge in [-0.1, -0.05) is 30.3 Å². The monoisotopic (exact) mass is 374 g/mol. The summed E-state index contributed by atoms with van der Waals surface area (Å²) in [6.45, 7) is 2.84. The van der Waals surface area contributed by atoms with E-state index in [0.717, 1.165) is 12.5 Å². The summed E-state index contributed by atoms with van der Waals surface area (Å²) in [6.07, 6.45) is 0. The number of carbonyl (C=O) groups is 2. The molecule has 0 bridgehead atoms. The number of carboxylic acid groups (broad SMARTS) is 1. The molecule has 0 fully saturated rings. The van der Waals surface area contributed by atoms with Crippen LogP contribution in [-0.4, -0.2) is 34.4 Å². The summed E-state index contributed by atoms with van der Waals surface area (Å²) in [5, 5.41) is 23.6. The maximum absolute atomic E-state index is 11.8. The number of nitrogens with one attached hydrogen (secondary N) is 2. The number of thioether (sulfide) groups is 1. The number of anilines is 1. The van der Waals surface area contributed by atoms with Gasteiger partial charge in [-0.15, -0.1) is 11.8 Å². The zero-order chi connectivity index (χ0) is 19.2. The summed E-state index contributed by atoms with van der Waals surface area (Å²) >= 11 is 1.75. The number of aliphatic carboxylic acids is 1. The summed E-state index contributed by atoms with van der Waals surface area (Å²) in [6, 6.07) is 17.0. The Labute approximate surface area is 156 Å². The molecule has 0 heterocycles. The van der Waals surface area contributed by atoms with Crippen LogP contribution in [0.2, 0.25) is 0 Å². The maximum Gasteiger partial charge on any atom is 0.337 e. The SMILES string of the molecule is CC(Sc1ccccc1)c1ccc(NC(=O)NCC(C)(O)C(=O)O)cc1. The first-order valence-electron chi connectivity index (χ1n) is 8.10. The van der Waals surface area contributed by atoms with Crippen LogP contribution in [0.5, 0.6) is 0 Å². The first-order valence-corrected chi connectivity index (χ1v) is 8.98. The minimum Gasteiger partial charge on any atom is -0.479 e. The molecule has 7 heteroatoms. The van der Waals surface area contributed by atoms with Crippen molar-refractivity contribution < 1.29 is 19.8 Å². The number of urea groups is 1. The van der Waals surface area contributed by atoms with Crippen LogP contribution in [0.3, 0.4) is 0 Å². The fraction of sp³-hybridized carbons (Fsp3) is 0.263. The Balaban J connectivity index is 1.88. The molecule has 6 nitrogen and oxygen atoms in total. The predicted octanol–water partition coefficient (Wildman–Crippen LogP) is 3.50. The number of carboxylic acids is 1. The van der Waals surface area contributed by atoms with Crippen molar-refractivity contribution in [3.63, 3.8) is 0 Å². The van der Waals surface area contributed by atoms with Gasteiger partial charge < -0.3 is 20.8 Å². The predicted molar refractivity (Wildman–Crippen MR) is 102 cm³/mol. The number of hydrogen-bond acceptors (Lipinski definition) is 4. The van der Waals surface area contributed by atoms with Crippen LogP contribution in [0.25, 0.3) is 0 Å². The largest absolute Gasteiger partial charge is 0.479 e. The van der Waals surface area contributed by atoms with E-state index in [1.54, 1.807) is 23.9 Å². The molecule has 0 saturated heterocycles. The standard InChI is InChI=1S/C19H22N2O4S/c1-13(26-16-6-4-3-5-7-16)14-8-10-15(11-9-14)21-18(24)20-12-19(2,25)17(22)23/h3-11,13,25H,12H2,1-2H3,(H,22,23)(H2,20,21,24). The second kappa shape index (κ2) is 8.73. The fourth-order valence-corrected chi connectivity index (χ4v) is 3.13. The summed E-state index contributed by atoms with van der Waals surface area (Å²) in [7, 11) is 0. The molecule has 0 saturated carbocycles. The van der Waals surface area contributed by atoms with Gasteiger partial charge in [0.25, 0.3) is 0 Å². The highest BCUT2D eigenvalue weighted by molar-refractivity contribution is 7.99. The Morgan fingerprint density at radius 3 is 2.31 bits per heavy atom. The first kappa shape index (κ1) is 19.8. The van der Waals surface area contributed by atoms with Crippen molar-refractivity contribution in [1.29, 1.82) is 0 Å². The molecule has 26 heavy (non-hydrogen) atoms. The van der Waals surface area contributed by atoms with Crippen molar-refractivity contribution in [2.24, 2.45) is 0 Å². The van der Waals surface area contributed by atoms with E-state index in [1.165, 1.54) is 4.90 Å². The minimum atomic E-state index is -2.01. The number of aliphatic hydroxyl groups is 1. The van der Waals surface area contributed by atoms with Gasteiger partial charge in [0, 0.05) is 15.8 Å². The van der Waals surface area contributed by atoms with Crippen LogP contribution < -0.4 is 10.6 Å². The molecule has 2 aromatic rings. The Kier molecular flexibility index (Phi) is 6.65. The van der Waals surface area contributed by atoms with Crippen LogP contribution in [0.15, 0.2) is 59.5 Å². The van der Waals surface area contributed by atoms with Crippen molar-refractivity contribution in [3.05, 3.63) is 60.2 Å². The number of hydrogen-bond donors (Lipinski definition) is 4. The minimum absolute atomic E-state index is 0.255. The maximum atomic E-state index is 11.8. The molecule has 2 aromatic carbocycles. The van der Waals surface area contributed by atoms with Crippen LogP contribution in [0, 0.1) is 0 Å². The quantitative estimate of drug-likeness (QED) is 0.556. The number of rotatable bonds is 7. The number of carbonyl (C=O) groups excluding carboxylic acids is 1. The van der Waals surface area contributed by atoms with Crippen molar-refractivity contribution in [2.45, 2.75) is 29.6 Å². The topological polar surface area (TPSA) is 98.7 Å². The molecule has 0 aliphatic heterocycles. The van der Waals surface area contributed by atoms with E-state index >= 15 is 0 Å². The lowest BCUT2D eigenvalue weighted by Gasteiger charge is -2.18. The van der Waals surface area contributed by atoms with Gasteiger partial charge in [0.1, 0.15) is 0 Å². The van der Waals surface area contributed by atoms with Gasteiger partial charge in [0.15, 0.2) is 5.60 Å². The molecule has 0 spiro atoms. The zero-order valence-corrected chi connectivity index (χ0v) is 15.4. The van der Waals surface area contributed by atoms with Gasteiger partial charge in [-0.25, -0.2) is 9.59 Å². The van der Waals surface area contributed by atoms with Gasteiger partial charge in [0.2, 0.25) is 0 Å². The first-order chi connectivity index (χ1) is 12.3. The van der Waals surface area contributed by atoms with E-state index in [-0.39, 0.29) is 5.25 Å². The van der Waals surface area contributed by atoms with Crippen LogP contribution in [0.1, 0.15) is 24.7 Å². The molecular weight excluding hydrogens is 352 g/mol. The van der Waals surface area contributed by atoms with E-state index in [9.17, 15) is 14.7 Å². The third-order valence-corrected chi connectivity index (χ3v) is 4.92. The highest BCUT2D eigenvalue weighted by Gasteiger charge is 2.30. The van der Waals surface area contributed by atoms with E-state index in [4.69, 9.17) is 5.11 Å². The molecule has 2 atom stereocenters. The van der Waals surface area contributed by atoms with Crippen LogP contribution in [-0.2, 0) is 4.79 Å². The van der Waals surface area contributed by atoms with E-state index in [0.29, 0.717) is 5.69 Å². The Hall–Kier alpha value is -2.51. The lowest BCUT2D eigenvalue weighted by atomic mass is 10.1. The summed E-state index contributed by atoms with van der Waals surface area (Å²) in [5.41, 5.74) is -0.303. The van der Waals surface area contributed by atoms with E-state index < -0.39 is 24.1 Å². The van der Waals surface area contributed by atoms with Gasteiger partial charge in [-0.2, -0.15) is 0 Å². The summed E-state index contributed by atoms with van der Waals surface area (Å²) in [4.78, 5) is 23.8. The van der Waals surface area contributed by atoms with E-state index in [1.807, 2.05) is 30.3 Å². The third kappa shape index (κ3) is 5.79. The lowest BCUT2D eigenvalue weighted by molar-refractivity contribution is -0.155. The second-order valence-corrected chi connectivity index (χ2v) is 7.50. The lowest BCUT2D eigenvalue weighted by Crippen LogP contribution is -2.47. The molecule has 138 valence electrons. The van der Waals surface area contributed by atoms with Gasteiger partial charge in [0.05, 0.1) is 6.54 Å².